The zero-order valence-corrected chi connectivity index (χ0v) is 9.20. The minimum atomic E-state index is -0.183. The molecule has 4 heteroatoms. The number of hydrogen-bond donors (Lipinski definition) is 0. The van der Waals surface area contributed by atoms with Crippen molar-refractivity contribution in [2.24, 2.45) is 0 Å². The molecule has 15 heavy (non-hydrogen) atoms. The highest BCUT2D eigenvalue weighted by Gasteiger charge is 2.27. The second kappa shape index (κ2) is 4.57. The fraction of sp³-hybridized carbons (Fsp3) is 0.455. The van der Waals surface area contributed by atoms with E-state index in [1.807, 2.05) is 17.5 Å². The van der Waals surface area contributed by atoms with Gasteiger partial charge in [0.05, 0.1) is 12.5 Å². The monoisotopic (exact) mass is 223 g/mol. The summed E-state index contributed by atoms with van der Waals surface area (Å²) >= 11 is 1.58. The summed E-state index contributed by atoms with van der Waals surface area (Å²) in [6.07, 6.45) is 3.08. The van der Waals surface area contributed by atoms with E-state index in [0.717, 1.165) is 30.5 Å². The van der Waals surface area contributed by atoms with Crippen LogP contribution < -0.4 is 0 Å². The average molecular weight is 223 g/mol. The van der Waals surface area contributed by atoms with Crippen LogP contribution in [0.4, 0.5) is 0 Å². The Hall–Kier alpha value is -1.16. The molecule has 2 heterocycles. The largest absolute Gasteiger partial charge is 0.333 e. The first-order valence-electron chi connectivity index (χ1n) is 5.08. The average Bonchev–Trinajstić information content (AvgIpc) is 2.86. The van der Waals surface area contributed by atoms with Crippen molar-refractivity contribution in [1.82, 2.24) is 4.90 Å². The molecule has 3 nitrogen and oxygen atoms in total. The van der Waals surface area contributed by atoms with Gasteiger partial charge in [-0.15, -0.1) is 11.3 Å². The van der Waals surface area contributed by atoms with E-state index >= 15 is 0 Å². The summed E-state index contributed by atoms with van der Waals surface area (Å²) in [4.78, 5) is 25.4. The Morgan fingerprint density at radius 1 is 1.67 bits per heavy atom. The second-order valence-electron chi connectivity index (χ2n) is 3.69. The molecular weight excluding hydrogens is 210 g/mol. The van der Waals surface area contributed by atoms with Gasteiger partial charge in [-0.25, -0.2) is 0 Å². The van der Waals surface area contributed by atoms with E-state index in [9.17, 15) is 9.59 Å². The molecule has 1 fully saturated rings. The molecule has 1 unspecified atom stereocenters. The summed E-state index contributed by atoms with van der Waals surface area (Å²) in [5.41, 5.74) is 0. The summed E-state index contributed by atoms with van der Waals surface area (Å²) in [6, 6.07) is 3.71. The van der Waals surface area contributed by atoms with E-state index in [1.165, 1.54) is 0 Å². The van der Waals surface area contributed by atoms with E-state index in [1.54, 1.807) is 16.2 Å². The van der Waals surface area contributed by atoms with E-state index in [4.69, 9.17) is 0 Å². The lowest BCUT2D eigenvalue weighted by molar-refractivity contribution is -0.133. The maximum atomic E-state index is 11.9. The van der Waals surface area contributed by atoms with Gasteiger partial charge in [-0.05, 0) is 24.3 Å². The van der Waals surface area contributed by atoms with Crippen molar-refractivity contribution in [2.45, 2.75) is 25.3 Å². The molecule has 0 saturated carbocycles. The van der Waals surface area contributed by atoms with Crippen LogP contribution in [0.2, 0.25) is 0 Å². The lowest BCUT2D eigenvalue weighted by atomic mass is 10.2. The zero-order valence-electron chi connectivity index (χ0n) is 8.39. The van der Waals surface area contributed by atoms with Gasteiger partial charge in [0.15, 0.2) is 0 Å². The number of rotatable bonds is 3. The summed E-state index contributed by atoms with van der Waals surface area (Å²) < 4.78 is 0. The van der Waals surface area contributed by atoms with Crippen LogP contribution in [0.5, 0.6) is 0 Å². The first kappa shape index (κ1) is 10.4. The Bertz CT molecular complexity index is 347. The van der Waals surface area contributed by atoms with E-state index in [2.05, 4.69) is 0 Å². The van der Waals surface area contributed by atoms with Crippen molar-refractivity contribution in [3.8, 4) is 0 Å². The number of thiophene rings is 1. The quantitative estimate of drug-likeness (QED) is 0.728. The third-order valence-corrected chi connectivity index (χ3v) is 3.56. The van der Waals surface area contributed by atoms with Crippen LogP contribution in [0.25, 0.3) is 0 Å². The molecule has 0 aromatic carbocycles. The first-order valence-corrected chi connectivity index (χ1v) is 5.96. The Labute approximate surface area is 92.7 Å². The van der Waals surface area contributed by atoms with Gasteiger partial charge < -0.3 is 9.69 Å². The van der Waals surface area contributed by atoms with Crippen LogP contribution in [0.3, 0.4) is 0 Å². The van der Waals surface area contributed by atoms with Gasteiger partial charge in [0.2, 0.25) is 5.91 Å². The molecular formula is C11H13NO2S. The van der Waals surface area contributed by atoms with Gasteiger partial charge >= 0.3 is 0 Å². The number of carbonyl (C=O) groups is 2. The predicted octanol–water partition coefficient (Wildman–Crippen LogP) is 1.48. The molecule has 0 bridgehead atoms. The maximum Gasteiger partial charge on any atom is 0.228 e. The topological polar surface area (TPSA) is 37.4 Å². The fourth-order valence-electron chi connectivity index (χ4n) is 1.91. The highest BCUT2D eigenvalue weighted by atomic mass is 32.1. The molecule has 80 valence electrons. The predicted molar refractivity (Wildman–Crippen MR) is 58.8 cm³/mol. The van der Waals surface area contributed by atoms with Crippen LogP contribution in [0, 0.1) is 0 Å². The van der Waals surface area contributed by atoms with E-state index in [0.29, 0.717) is 6.42 Å². The third kappa shape index (κ3) is 2.26. The Balaban J connectivity index is 1.98. The molecule has 1 amide bonds. The molecule has 2 rings (SSSR count). The minimum absolute atomic E-state index is 0.0760. The summed E-state index contributed by atoms with van der Waals surface area (Å²) in [7, 11) is 0. The van der Waals surface area contributed by atoms with Crippen molar-refractivity contribution < 1.29 is 9.59 Å². The van der Waals surface area contributed by atoms with Crippen LogP contribution in [0.15, 0.2) is 17.5 Å². The third-order valence-electron chi connectivity index (χ3n) is 2.68. The summed E-state index contributed by atoms with van der Waals surface area (Å²) in [5.74, 6) is 0.0760. The summed E-state index contributed by atoms with van der Waals surface area (Å²) in [6.45, 7) is 0.730. The molecule has 1 aromatic rings. The molecule has 0 radical (unpaired) electrons. The fourth-order valence-corrected chi connectivity index (χ4v) is 2.60. The van der Waals surface area contributed by atoms with Gasteiger partial charge in [-0.3, -0.25) is 4.79 Å². The number of nitrogens with zero attached hydrogens (tertiary/aromatic N) is 1. The van der Waals surface area contributed by atoms with Crippen molar-refractivity contribution >= 4 is 23.5 Å². The van der Waals surface area contributed by atoms with Gasteiger partial charge in [0.25, 0.3) is 0 Å². The number of carbonyl (C=O) groups excluding carboxylic acids is 2. The van der Waals surface area contributed by atoms with Gasteiger partial charge in [-0.1, -0.05) is 6.07 Å². The lowest BCUT2D eigenvalue weighted by Gasteiger charge is -2.19. The van der Waals surface area contributed by atoms with E-state index in [-0.39, 0.29) is 11.9 Å². The standard InChI is InChI=1S/C11H13NO2S/c13-8-9-3-1-5-12(9)11(14)7-10-4-2-6-15-10/h2,4,6,8-9H,1,3,5,7H2. The van der Waals surface area contributed by atoms with Crippen LogP contribution >= 0.6 is 11.3 Å². The second-order valence-corrected chi connectivity index (χ2v) is 4.72. The van der Waals surface area contributed by atoms with Crippen molar-refractivity contribution in [1.29, 1.82) is 0 Å². The van der Waals surface area contributed by atoms with Crippen molar-refractivity contribution in [2.75, 3.05) is 6.54 Å². The highest BCUT2D eigenvalue weighted by Crippen LogP contribution is 2.18. The zero-order chi connectivity index (χ0) is 10.7. The van der Waals surface area contributed by atoms with E-state index < -0.39 is 0 Å². The lowest BCUT2D eigenvalue weighted by Crippen LogP contribution is -2.37. The molecule has 0 aliphatic carbocycles. The SMILES string of the molecule is O=CC1CCCN1C(=O)Cc1cccs1. The molecule has 0 spiro atoms. The van der Waals surface area contributed by atoms with Gasteiger partial charge in [0.1, 0.15) is 6.29 Å². The van der Waals surface area contributed by atoms with Gasteiger partial charge in [0, 0.05) is 11.4 Å². The first-order chi connectivity index (χ1) is 7.31. The van der Waals surface area contributed by atoms with Crippen LogP contribution in [-0.4, -0.2) is 29.7 Å². The molecule has 1 saturated heterocycles. The molecule has 1 aliphatic rings. The Morgan fingerprint density at radius 2 is 2.53 bits per heavy atom. The van der Waals surface area contributed by atoms with Crippen LogP contribution in [-0.2, 0) is 16.0 Å². The van der Waals surface area contributed by atoms with Crippen LogP contribution in [0.1, 0.15) is 17.7 Å². The van der Waals surface area contributed by atoms with Gasteiger partial charge in [-0.2, -0.15) is 0 Å². The normalized spacial score (nSPS) is 20.5. The molecule has 1 aromatic heterocycles. The van der Waals surface area contributed by atoms with Crippen molar-refractivity contribution in [3.63, 3.8) is 0 Å². The Kier molecular flexibility index (Phi) is 3.16. The minimum Gasteiger partial charge on any atom is -0.333 e. The Morgan fingerprint density at radius 3 is 3.20 bits per heavy atom. The number of amides is 1. The number of likely N-dealkylation sites (tertiary alicyclic amines) is 1. The smallest absolute Gasteiger partial charge is 0.228 e. The molecule has 1 atom stereocenters. The number of aldehydes is 1. The molecule has 1 aliphatic heterocycles. The highest BCUT2D eigenvalue weighted by molar-refractivity contribution is 7.10. The molecule has 0 N–H and O–H groups in total. The number of hydrogen-bond acceptors (Lipinski definition) is 3. The maximum absolute atomic E-state index is 11.9. The summed E-state index contributed by atoms with van der Waals surface area (Å²) in [5, 5.41) is 1.96. The van der Waals surface area contributed by atoms with Crippen molar-refractivity contribution in [3.05, 3.63) is 22.4 Å².